The van der Waals surface area contributed by atoms with Crippen LogP contribution < -0.4 is 9.47 Å². The number of benzene rings is 3. The van der Waals surface area contributed by atoms with Crippen molar-refractivity contribution in [2.75, 3.05) is 6.61 Å². The van der Waals surface area contributed by atoms with E-state index in [2.05, 4.69) is 34.9 Å². The fourth-order valence-corrected chi connectivity index (χ4v) is 5.43. The second-order valence-corrected chi connectivity index (χ2v) is 9.80. The molecule has 40 heavy (non-hydrogen) atoms. The van der Waals surface area contributed by atoms with E-state index in [1.54, 1.807) is 0 Å². The lowest BCUT2D eigenvalue weighted by atomic mass is 9.94. The third-order valence-electron chi connectivity index (χ3n) is 7.30. The first kappa shape index (κ1) is 26.8. The molecule has 1 aromatic heterocycles. The molecule has 0 aliphatic heterocycles. The van der Waals surface area contributed by atoms with Gasteiger partial charge in [-0.15, -0.1) is 0 Å². The lowest BCUT2D eigenvalue weighted by Crippen LogP contribution is -2.06. The molecule has 1 atom stereocenters. The third kappa shape index (κ3) is 5.34. The van der Waals surface area contributed by atoms with E-state index in [4.69, 9.17) is 14.6 Å². The fraction of sp³-hybridized carbons (Fsp3) is 0.242. The summed E-state index contributed by atoms with van der Waals surface area (Å²) >= 11 is 0. The van der Waals surface area contributed by atoms with Crippen molar-refractivity contribution < 1.29 is 24.5 Å². The second-order valence-electron chi connectivity index (χ2n) is 9.80. The summed E-state index contributed by atoms with van der Waals surface area (Å²) in [5, 5.41) is 18.1. The number of rotatable bonds is 9. The number of carboxylic acids is 1. The van der Waals surface area contributed by atoms with E-state index in [1.807, 2.05) is 68.5 Å². The van der Waals surface area contributed by atoms with Gasteiger partial charge >= 0.3 is 12.0 Å². The lowest BCUT2D eigenvalue weighted by molar-refractivity contribution is -0.137. The molecule has 5 rings (SSSR count). The first-order valence-electron chi connectivity index (χ1n) is 13.1. The summed E-state index contributed by atoms with van der Waals surface area (Å²) < 4.78 is 11.9. The van der Waals surface area contributed by atoms with Crippen LogP contribution in [0.2, 0.25) is 0 Å². The SMILES string of the molecule is Cc1nc(OCCC#CO)nc(C)c1-c1cccc(COc2ccc3c(c2)-c2ccccc2C3CC(=O)O)c1C. The maximum atomic E-state index is 11.5. The molecular formula is C33H30N2O5. The highest BCUT2D eigenvalue weighted by Gasteiger charge is 2.30. The first-order chi connectivity index (χ1) is 19.4. The quantitative estimate of drug-likeness (QED) is 0.191. The summed E-state index contributed by atoms with van der Waals surface area (Å²) in [7, 11) is 0. The van der Waals surface area contributed by atoms with Gasteiger partial charge in [0.05, 0.1) is 17.8 Å². The number of fused-ring (bicyclic) bond motifs is 3. The van der Waals surface area contributed by atoms with Gasteiger partial charge in [-0.05, 0) is 71.8 Å². The number of aliphatic hydroxyl groups excluding tert-OH is 1. The van der Waals surface area contributed by atoms with Gasteiger partial charge in [0.15, 0.2) is 0 Å². The van der Waals surface area contributed by atoms with E-state index >= 15 is 0 Å². The molecule has 4 aromatic rings. The van der Waals surface area contributed by atoms with Gasteiger partial charge in [-0.25, -0.2) is 0 Å². The summed E-state index contributed by atoms with van der Waals surface area (Å²) in [5.74, 6) is 2.31. The number of nitrogens with zero attached hydrogens (tertiary/aromatic N) is 2. The Hall–Kier alpha value is -4.83. The molecule has 0 radical (unpaired) electrons. The number of aliphatic hydroxyl groups is 1. The topological polar surface area (TPSA) is 102 Å². The van der Waals surface area contributed by atoms with E-state index in [0.29, 0.717) is 25.6 Å². The number of carbonyl (C=O) groups is 1. The predicted octanol–water partition coefficient (Wildman–Crippen LogP) is 6.34. The lowest BCUT2D eigenvalue weighted by Gasteiger charge is -2.16. The first-order valence-corrected chi connectivity index (χ1v) is 13.1. The van der Waals surface area contributed by atoms with Crippen LogP contribution in [-0.4, -0.2) is 32.8 Å². The van der Waals surface area contributed by atoms with Gasteiger partial charge in [0.1, 0.15) is 25.1 Å². The Kier molecular flexibility index (Phi) is 7.70. The van der Waals surface area contributed by atoms with Gasteiger partial charge in [-0.3, -0.25) is 4.79 Å². The minimum Gasteiger partial charge on any atom is -0.489 e. The van der Waals surface area contributed by atoms with Crippen LogP contribution in [0.1, 0.15) is 52.4 Å². The Morgan fingerprint density at radius 3 is 2.38 bits per heavy atom. The third-order valence-corrected chi connectivity index (χ3v) is 7.30. The van der Waals surface area contributed by atoms with Crippen LogP contribution in [0, 0.1) is 32.8 Å². The highest BCUT2D eigenvalue weighted by atomic mass is 16.5. The number of carboxylic acid groups (broad SMARTS) is 1. The molecule has 0 spiro atoms. The Morgan fingerprint density at radius 1 is 0.900 bits per heavy atom. The molecule has 0 saturated carbocycles. The molecule has 1 aliphatic rings. The van der Waals surface area contributed by atoms with E-state index in [9.17, 15) is 9.90 Å². The number of ether oxygens (including phenoxy) is 2. The van der Waals surface area contributed by atoms with Crippen molar-refractivity contribution >= 4 is 5.97 Å². The zero-order valence-electron chi connectivity index (χ0n) is 22.7. The van der Waals surface area contributed by atoms with Gasteiger partial charge in [0.2, 0.25) is 0 Å². The van der Waals surface area contributed by atoms with Gasteiger partial charge < -0.3 is 19.7 Å². The minimum absolute atomic E-state index is 0.0598. The molecule has 202 valence electrons. The zero-order chi connectivity index (χ0) is 28.2. The predicted molar refractivity (Wildman–Crippen MR) is 152 cm³/mol. The van der Waals surface area contributed by atoms with Crippen molar-refractivity contribution in [3.8, 4) is 46.0 Å². The minimum atomic E-state index is -0.811. The summed E-state index contributed by atoms with van der Waals surface area (Å²) in [5.41, 5.74) is 9.90. The standard InChI is InChI=1S/C33H30N2O5/c1-20-23(9-8-12-25(20)32-21(2)34-33(35-22(32)3)39-16-7-6-15-36)19-40-24-13-14-28-29(17-24)26-10-4-5-11-27(26)30(28)18-31(37)38/h4-5,8-14,17,30,36H,7,16,18-19H2,1-3H3,(H,37,38). The highest BCUT2D eigenvalue weighted by Crippen LogP contribution is 2.47. The Morgan fingerprint density at radius 2 is 1.62 bits per heavy atom. The van der Waals surface area contributed by atoms with Crippen LogP contribution in [0.25, 0.3) is 22.3 Å². The van der Waals surface area contributed by atoms with Crippen LogP contribution in [0.4, 0.5) is 0 Å². The van der Waals surface area contributed by atoms with Gasteiger partial charge in [-0.2, -0.15) is 9.97 Å². The van der Waals surface area contributed by atoms with Gasteiger partial charge in [0, 0.05) is 17.9 Å². The van der Waals surface area contributed by atoms with Crippen LogP contribution in [-0.2, 0) is 11.4 Å². The fourth-order valence-electron chi connectivity index (χ4n) is 5.43. The van der Waals surface area contributed by atoms with Crippen molar-refractivity contribution in [1.82, 2.24) is 9.97 Å². The summed E-state index contributed by atoms with van der Waals surface area (Å²) in [4.78, 5) is 20.6. The zero-order valence-corrected chi connectivity index (χ0v) is 22.7. The van der Waals surface area contributed by atoms with Crippen molar-refractivity contribution in [1.29, 1.82) is 0 Å². The van der Waals surface area contributed by atoms with E-state index in [-0.39, 0.29) is 12.3 Å². The molecule has 0 saturated heterocycles. The maximum absolute atomic E-state index is 11.5. The molecule has 0 amide bonds. The summed E-state index contributed by atoms with van der Waals surface area (Å²) in [6, 6.07) is 20.3. The molecule has 1 heterocycles. The summed E-state index contributed by atoms with van der Waals surface area (Å²) in [6.07, 6.45) is 2.31. The number of hydrogen-bond acceptors (Lipinski definition) is 6. The molecule has 7 heteroatoms. The average molecular weight is 535 g/mol. The molecule has 0 fully saturated rings. The largest absolute Gasteiger partial charge is 0.489 e. The second kappa shape index (κ2) is 11.5. The van der Waals surface area contributed by atoms with Gasteiger partial charge in [-0.1, -0.05) is 54.5 Å². The van der Waals surface area contributed by atoms with Crippen molar-refractivity contribution in [3.63, 3.8) is 0 Å². The van der Waals surface area contributed by atoms with Crippen LogP contribution in [0.3, 0.4) is 0 Å². The van der Waals surface area contributed by atoms with Crippen molar-refractivity contribution in [3.05, 3.63) is 94.3 Å². The van der Waals surface area contributed by atoms with Crippen molar-refractivity contribution in [2.45, 2.75) is 46.1 Å². The molecule has 1 unspecified atom stereocenters. The Labute approximate surface area is 233 Å². The summed E-state index contributed by atoms with van der Waals surface area (Å²) in [6.45, 7) is 6.62. The molecule has 1 aliphatic carbocycles. The van der Waals surface area contributed by atoms with Crippen LogP contribution >= 0.6 is 0 Å². The highest BCUT2D eigenvalue weighted by molar-refractivity contribution is 5.82. The van der Waals surface area contributed by atoms with Crippen LogP contribution in [0.15, 0.2) is 60.7 Å². The monoisotopic (exact) mass is 534 g/mol. The normalized spacial score (nSPS) is 13.1. The smallest absolute Gasteiger partial charge is 0.316 e. The van der Waals surface area contributed by atoms with E-state index in [1.165, 1.54) is 0 Å². The number of aromatic nitrogens is 2. The molecule has 2 N–H and O–H groups in total. The van der Waals surface area contributed by atoms with Crippen LogP contribution in [0.5, 0.6) is 11.8 Å². The number of hydrogen-bond donors (Lipinski definition) is 2. The number of aliphatic carboxylic acids is 1. The maximum Gasteiger partial charge on any atom is 0.316 e. The van der Waals surface area contributed by atoms with E-state index in [0.717, 1.165) is 61.6 Å². The Balaban J connectivity index is 1.37. The molecular weight excluding hydrogens is 504 g/mol. The molecule has 7 nitrogen and oxygen atoms in total. The Bertz CT molecular complexity index is 1630. The number of aryl methyl sites for hydroxylation is 2. The van der Waals surface area contributed by atoms with Crippen molar-refractivity contribution in [2.24, 2.45) is 0 Å². The average Bonchev–Trinajstić information content (AvgIpc) is 3.23. The van der Waals surface area contributed by atoms with E-state index < -0.39 is 5.97 Å². The van der Waals surface area contributed by atoms with Gasteiger partial charge in [0.25, 0.3) is 0 Å². The molecule has 3 aromatic carbocycles. The molecule has 0 bridgehead atoms.